The molecule has 5 nitrogen and oxygen atoms in total. The van der Waals surface area contributed by atoms with E-state index in [0.717, 1.165) is 31.5 Å². The fourth-order valence-corrected chi connectivity index (χ4v) is 2.62. The molecule has 1 aromatic rings. The lowest BCUT2D eigenvalue weighted by atomic mass is 10.0. The van der Waals surface area contributed by atoms with Crippen LogP contribution < -0.4 is 11.1 Å². The summed E-state index contributed by atoms with van der Waals surface area (Å²) in [5, 5.41) is 2.87. The van der Waals surface area contributed by atoms with E-state index in [1.54, 1.807) is 19.9 Å². The van der Waals surface area contributed by atoms with E-state index in [0.29, 0.717) is 11.3 Å². The third-order valence-corrected chi connectivity index (χ3v) is 4.34. The van der Waals surface area contributed by atoms with Crippen LogP contribution in [0.25, 0.3) is 0 Å². The summed E-state index contributed by atoms with van der Waals surface area (Å²) in [7, 11) is 0. The van der Waals surface area contributed by atoms with Gasteiger partial charge in [0.2, 0.25) is 5.91 Å². The van der Waals surface area contributed by atoms with Crippen molar-refractivity contribution in [3.63, 3.8) is 0 Å². The highest BCUT2D eigenvalue weighted by Gasteiger charge is 2.25. The Kier molecular flexibility index (Phi) is 5.19. The largest absolute Gasteiger partial charge is 0.339 e. The number of nitrogens with zero attached hydrogens (tertiary/aromatic N) is 1. The maximum atomic E-state index is 12.7. The van der Waals surface area contributed by atoms with Gasteiger partial charge in [0.1, 0.15) is 0 Å². The number of hydrogen-bond acceptors (Lipinski definition) is 3. The number of likely N-dealkylation sites (tertiary alicyclic amines) is 1. The normalized spacial score (nSPS) is 17.2. The Bertz CT molecular complexity index is 563. The highest BCUT2D eigenvalue weighted by Crippen LogP contribution is 2.24. The highest BCUT2D eigenvalue weighted by atomic mass is 16.2. The summed E-state index contributed by atoms with van der Waals surface area (Å²) in [5.74, 6) is -0.467. The minimum absolute atomic E-state index is 0.000602. The van der Waals surface area contributed by atoms with Crippen LogP contribution in [0.15, 0.2) is 18.2 Å². The van der Waals surface area contributed by atoms with Crippen molar-refractivity contribution in [2.24, 2.45) is 11.7 Å². The zero-order valence-electron chi connectivity index (χ0n) is 13.6. The molecule has 3 N–H and O–H groups in total. The van der Waals surface area contributed by atoms with Gasteiger partial charge in [0.15, 0.2) is 0 Å². The maximum absolute atomic E-state index is 12.7. The number of nitrogens with one attached hydrogen (secondary N) is 1. The van der Waals surface area contributed by atoms with Crippen LogP contribution in [0, 0.1) is 12.8 Å². The first-order valence-corrected chi connectivity index (χ1v) is 7.87. The van der Waals surface area contributed by atoms with Crippen molar-refractivity contribution in [3.8, 4) is 0 Å². The number of nitrogens with two attached hydrogens (primary N) is 1. The molecule has 2 atom stereocenters. The third-order valence-electron chi connectivity index (χ3n) is 4.34. The van der Waals surface area contributed by atoms with Gasteiger partial charge in [-0.15, -0.1) is 0 Å². The molecule has 2 unspecified atom stereocenters. The quantitative estimate of drug-likeness (QED) is 0.895. The molecule has 2 rings (SSSR count). The molecule has 1 saturated heterocycles. The Hall–Kier alpha value is -1.88. The second-order valence-electron chi connectivity index (χ2n) is 6.13. The summed E-state index contributed by atoms with van der Waals surface area (Å²) < 4.78 is 0. The van der Waals surface area contributed by atoms with Gasteiger partial charge in [0, 0.05) is 19.1 Å². The van der Waals surface area contributed by atoms with Crippen molar-refractivity contribution >= 4 is 17.5 Å². The summed E-state index contributed by atoms with van der Waals surface area (Å²) in [6.45, 7) is 7.07. The standard InChI is InChI=1S/C17H25N3O2/c1-11-7-6-8-14(19-16(21)12(2)13(3)18)15(11)17(22)20-9-4-5-10-20/h6-8,12-13H,4-5,9-10,18H2,1-3H3,(H,19,21). The van der Waals surface area contributed by atoms with Crippen LogP contribution >= 0.6 is 0 Å². The van der Waals surface area contributed by atoms with Gasteiger partial charge in [-0.2, -0.15) is 0 Å². The summed E-state index contributed by atoms with van der Waals surface area (Å²) in [4.78, 5) is 26.8. The van der Waals surface area contributed by atoms with E-state index in [1.165, 1.54) is 0 Å². The molecular formula is C17H25N3O2. The molecule has 120 valence electrons. The van der Waals surface area contributed by atoms with Crippen molar-refractivity contribution in [3.05, 3.63) is 29.3 Å². The first-order chi connectivity index (χ1) is 10.4. The van der Waals surface area contributed by atoms with Crippen LogP contribution in [-0.2, 0) is 4.79 Å². The zero-order chi connectivity index (χ0) is 16.3. The fraction of sp³-hybridized carbons (Fsp3) is 0.529. The van der Waals surface area contributed by atoms with Crippen LogP contribution in [0.5, 0.6) is 0 Å². The molecule has 1 aliphatic rings. The number of rotatable bonds is 4. The Labute approximate surface area is 131 Å². The van der Waals surface area contributed by atoms with Crippen LogP contribution in [0.2, 0.25) is 0 Å². The molecule has 0 radical (unpaired) electrons. The summed E-state index contributed by atoms with van der Waals surface area (Å²) in [6.07, 6.45) is 2.09. The first-order valence-electron chi connectivity index (χ1n) is 7.87. The predicted molar refractivity (Wildman–Crippen MR) is 87.8 cm³/mol. The number of carbonyl (C=O) groups is 2. The molecule has 0 aromatic heterocycles. The van der Waals surface area contributed by atoms with Gasteiger partial charge in [0.25, 0.3) is 5.91 Å². The van der Waals surface area contributed by atoms with Crippen molar-refractivity contribution in [2.45, 2.75) is 39.7 Å². The second kappa shape index (κ2) is 6.92. The number of anilines is 1. The average Bonchev–Trinajstić information content (AvgIpc) is 3.00. The van der Waals surface area contributed by atoms with Crippen LogP contribution in [0.4, 0.5) is 5.69 Å². The van der Waals surface area contributed by atoms with Gasteiger partial charge in [0.05, 0.1) is 17.2 Å². The lowest BCUT2D eigenvalue weighted by Gasteiger charge is -2.21. The third kappa shape index (κ3) is 3.47. The van der Waals surface area contributed by atoms with E-state index in [9.17, 15) is 9.59 Å². The molecule has 0 aliphatic carbocycles. The average molecular weight is 303 g/mol. The maximum Gasteiger partial charge on any atom is 0.256 e. The number of hydrogen-bond donors (Lipinski definition) is 2. The molecule has 2 amide bonds. The number of aryl methyl sites for hydroxylation is 1. The van der Waals surface area contributed by atoms with Gasteiger partial charge < -0.3 is 16.0 Å². The molecule has 1 aliphatic heterocycles. The van der Waals surface area contributed by atoms with Gasteiger partial charge in [-0.25, -0.2) is 0 Å². The van der Waals surface area contributed by atoms with Gasteiger partial charge in [-0.3, -0.25) is 9.59 Å². The second-order valence-corrected chi connectivity index (χ2v) is 6.13. The Morgan fingerprint density at radius 1 is 1.23 bits per heavy atom. The summed E-state index contributed by atoms with van der Waals surface area (Å²) in [6, 6.07) is 5.29. The molecule has 22 heavy (non-hydrogen) atoms. The van der Waals surface area contributed by atoms with Crippen molar-refractivity contribution in [1.29, 1.82) is 0 Å². The molecule has 1 fully saturated rings. The minimum Gasteiger partial charge on any atom is -0.339 e. The van der Waals surface area contributed by atoms with E-state index in [1.807, 2.05) is 24.0 Å². The summed E-state index contributed by atoms with van der Waals surface area (Å²) in [5.41, 5.74) is 7.83. The SMILES string of the molecule is Cc1cccc(NC(=O)C(C)C(C)N)c1C(=O)N1CCCC1. The summed E-state index contributed by atoms with van der Waals surface area (Å²) >= 11 is 0. The molecule has 1 aromatic carbocycles. The molecule has 1 heterocycles. The lowest BCUT2D eigenvalue weighted by Crippen LogP contribution is -2.35. The molecule has 0 saturated carbocycles. The molecule has 0 spiro atoms. The van der Waals surface area contributed by atoms with Crippen molar-refractivity contribution in [1.82, 2.24) is 4.90 Å². The Balaban J connectivity index is 2.26. The van der Waals surface area contributed by atoms with Gasteiger partial charge in [-0.05, 0) is 38.3 Å². The Morgan fingerprint density at radius 3 is 2.45 bits per heavy atom. The molecule has 5 heteroatoms. The van der Waals surface area contributed by atoms with E-state index in [-0.39, 0.29) is 23.8 Å². The first kappa shape index (κ1) is 16.5. The minimum atomic E-state index is -0.310. The predicted octanol–water partition coefficient (Wildman–Crippen LogP) is 2.15. The van der Waals surface area contributed by atoms with E-state index >= 15 is 0 Å². The topological polar surface area (TPSA) is 75.4 Å². The van der Waals surface area contributed by atoms with Crippen molar-refractivity contribution < 1.29 is 9.59 Å². The highest BCUT2D eigenvalue weighted by molar-refractivity contribution is 6.05. The number of amides is 2. The molecular weight excluding hydrogens is 278 g/mol. The van der Waals surface area contributed by atoms with E-state index in [2.05, 4.69) is 5.32 Å². The van der Waals surface area contributed by atoms with Crippen molar-refractivity contribution in [2.75, 3.05) is 18.4 Å². The van der Waals surface area contributed by atoms with Crippen LogP contribution in [-0.4, -0.2) is 35.8 Å². The number of carbonyl (C=O) groups excluding carboxylic acids is 2. The monoisotopic (exact) mass is 303 g/mol. The van der Waals surface area contributed by atoms with Crippen LogP contribution in [0.3, 0.4) is 0 Å². The Morgan fingerprint density at radius 2 is 1.86 bits per heavy atom. The lowest BCUT2D eigenvalue weighted by molar-refractivity contribution is -0.119. The van der Waals surface area contributed by atoms with E-state index in [4.69, 9.17) is 5.73 Å². The smallest absolute Gasteiger partial charge is 0.256 e. The van der Waals surface area contributed by atoms with Gasteiger partial charge in [-0.1, -0.05) is 19.1 Å². The fourth-order valence-electron chi connectivity index (χ4n) is 2.62. The number of benzene rings is 1. The zero-order valence-corrected chi connectivity index (χ0v) is 13.6. The van der Waals surface area contributed by atoms with Crippen LogP contribution in [0.1, 0.15) is 42.6 Å². The van der Waals surface area contributed by atoms with Gasteiger partial charge >= 0.3 is 0 Å². The van der Waals surface area contributed by atoms with E-state index < -0.39 is 0 Å². The molecule has 0 bridgehead atoms.